The van der Waals surface area contributed by atoms with Gasteiger partial charge in [0.1, 0.15) is 11.3 Å². The molecule has 0 saturated carbocycles. The van der Waals surface area contributed by atoms with Crippen molar-refractivity contribution in [3.63, 3.8) is 0 Å². The standard InChI is InChI=1S/C20H15F15O5/c1-4-38-9(3)39-12-6-10(14(37,17(24,25)26)18(27,28)29)5-11(7-12)15(19(30,31)32,20(33,34)35)40-13(36)8(2)16(21,22)23/h5-7,9,37H,2,4H2,1,3H3. The van der Waals surface area contributed by atoms with E-state index in [9.17, 15) is 75.8 Å². The molecule has 0 radical (unpaired) electrons. The number of hydrogen-bond acceptors (Lipinski definition) is 5. The quantitative estimate of drug-likeness (QED) is 0.151. The number of hydrogen-bond donors (Lipinski definition) is 1. The Balaban J connectivity index is 4.31. The molecule has 0 amide bonds. The van der Waals surface area contributed by atoms with Crippen LogP contribution in [0.5, 0.6) is 5.75 Å². The monoisotopic (exact) mass is 620 g/mol. The van der Waals surface area contributed by atoms with Gasteiger partial charge >= 0.3 is 42.5 Å². The number of carbonyl (C=O) groups is 1. The van der Waals surface area contributed by atoms with Gasteiger partial charge in [-0.1, -0.05) is 6.58 Å². The molecule has 1 N–H and O–H groups in total. The lowest BCUT2D eigenvalue weighted by Crippen LogP contribution is -2.58. The second kappa shape index (κ2) is 10.8. The maximum atomic E-state index is 14.0. The number of benzene rings is 1. The number of alkyl halides is 15. The van der Waals surface area contributed by atoms with Gasteiger partial charge in [0.15, 0.2) is 6.29 Å². The summed E-state index contributed by atoms with van der Waals surface area (Å²) in [7, 11) is 0. The van der Waals surface area contributed by atoms with Crippen LogP contribution in [0.2, 0.25) is 0 Å². The fraction of sp³-hybridized carbons (Fsp3) is 0.550. The zero-order valence-electron chi connectivity index (χ0n) is 19.5. The van der Waals surface area contributed by atoms with Gasteiger partial charge in [0, 0.05) is 17.7 Å². The van der Waals surface area contributed by atoms with Crippen LogP contribution in [0.15, 0.2) is 30.4 Å². The van der Waals surface area contributed by atoms with Gasteiger partial charge in [-0.15, -0.1) is 0 Å². The van der Waals surface area contributed by atoms with Crippen molar-refractivity contribution in [2.45, 2.75) is 62.2 Å². The number of esters is 1. The number of aliphatic hydroxyl groups is 1. The first-order chi connectivity index (χ1) is 17.6. The van der Waals surface area contributed by atoms with Crippen LogP contribution in [0, 0.1) is 0 Å². The Morgan fingerprint density at radius 2 is 1.23 bits per heavy atom. The molecule has 0 heterocycles. The zero-order chi connectivity index (χ0) is 31.9. The van der Waals surface area contributed by atoms with Gasteiger partial charge in [-0.2, -0.15) is 65.9 Å². The number of halogens is 15. The summed E-state index contributed by atoms with van der Waals surface area (Å²) in [6.07, 6.45) is -35.7. The van der Waals surface area contributed by atoms with Crippen LogP contribution in [-0.2, 0) is 25.5 Å². The highest BCUT2D eigenvalue weighted by Gasteiger charge is 2.77. The SMILES string of the molecule is C=C(C(=O)OC(c1cc(OC(C)OCC)cc(C(O)(C(F)(F)F)C(F)(F)F)c1)(C(F)(F)F)C(F)(F)F)C(F)(F)F. The van der Waals surface area contributed by atoms with Gasteiger partial charge in [-0.25, -0.2) is 4.79 Å². The third kappa shape index (κ3) is 6.52. The van der Waals surface area contributed by atoms with E-state index in [0.717, 1.165) is 6.92 Å². The predicted molar refractivity (Wildman–Crippen MR) is 99.2 cm³/mol. The lowest BCUT2D eigenvalue weighted by atomic mass is 9.85. The molecule has 1 atom stereocenters. The minimum atomic E-state index is -7.11. The van der Waals surface area contributed by atoms with Gasteiger partial charge in [-0.3, -0.25) is 0 Å². The third-order valence-electron chi connectivity index (χ3n) is 4.89. The lowest BCUT2D eigenvalue weighted by molar-refractivity contribution is -0.379. The van der Waals surface area contributed by atoms with Gasteiger partial charge in [0.25, 0.3) is 5.60 Å². The van der Waals surface area contributed by atoms with Crippen molar-refractivity contribution in [2.24, 2.45) is 0 Å². The Labute approximate surface area is 213 Å². The van der Waals surface area contributed by atoms with E-state index in [4.69, 9.17) is 4.74 Å². The Kier molecular flexibility index (Phi) is 9.51. The second-order valence-electron chi connectivity index (χ2n) is 7.64. The normalized spacial score (nSPS) is 15.1. The van der Waals surface area contributed by atoms with Crippen molar-refractivity contribution in [3.8, 4) is 5.75 Å². The minimum Gasteiger partial charge on any atom is -0.465 e. The first kappa shape index (κ1) is 35.1. The van der Waals surface area contributed by atoms with Crippen LogP contribution >= 0.6 is 0 Å². The average molecular weight is 620 g/mol. The molecule has 0 aromatic heterocycles. The Hall–Kier alpha value is -2.90. The van der Waals surface area contributed by atoms with E-state index in [1.807, 2.05) is 6.58 Å². The summed E-state index contributed by atoms with van der Waals surface area (Å²) in [4.78, 5) is 11.7. The molecule has 0 aliphatic rings. The molecule has 1 aromatic carbocycles. The lowest BCUT2D eigenvalue weighted by Gasteiger charge is -2.38. The number of rotatable bonds is 8. The minimum absolute atomic E-state index is 0.324. The predicted octanol–water partition coefficient (Wildman–Crippen LogP) is 6.74. The van der Waals surface area contributed by atoms with E-state index in [0.29, 0.717) is 0 Å². The first-order valence-electron chi connectivity index (χ1n) is 10.0. The van der Waals surface area contributed by atoms with Crippen molar-refractivity contribution >= 4 is 5.97 Å². The summed E-state index contributed by atoms with van der Waals surface area (Å²) in [6, 6.07) is -2.12. The third-order valence-corrected chi connectivity index (χ3v) is 4.89. The van der Waals surface area contributed by atoms with E-state index < -0.39 is 95.0 Å². The van der Waals surface area contributed by atoms with E-state index in [2.05, 4.69) is 9.47 Å². The summed E-state index contributed by atoms with van der Waals surface area (Å²) in [6.45, 7) is 3.70. The summed E-state index contributed by atoms with van der Waals surface area (Å²) in [5.74, 6) is -5.12. The molecule has 0 aliphatic carbocycles. The van der Waals surface area contributed by atoms with Crippen LogP contribution in [0.1, 0.15) is 25.0 Å². The molecule has 5 nitrogen and oxygen atoms in total. The first-order valence-corrected chi connectivity index (χ1v) is 10.0. The van der Waals surface area contributed by atoms with Gasteiger partial charge in [-0.05, 0) is 32.0 Å². The van der Waals surface area contributed by atoms with Crippen LogP contribution in [-0.4, -0.2) is 54.9 Å². The summed E-state index contributed by atoms with van der Waals surface area (Å²) >= 11 is 0. The van der Waals surface area contributed by atoms with E-state index >= 15 is 0 Å². The molecule has 0 saturated heterocycles. The molecule has 0 spiro atoms. The summed E-state index contributed by atoms with van der Waals surface area (Å²) in [5, 5.41) is 9.62. The molecular formula is C20H15F15O5. The molecular weight excluding hydrogens is 605 g/mol. The molecule has 0 aliphatic heterocycles. The van der Waals surface area contributed by atoms with Crippen LogP contribution in [0.4, 0.5) is 65.9 Å². The average Bonchev–Trinajstić information content (AvgIpc) is 2.71. The number of carbonyl (C=O) groups excluding carboxylic acids is 1. The van der Waals surface area contributed by atoms with Gasteiger partial charge < -0.3 is 19.3 Å². The molecule has 1 unspecified atom stereocenters. The molecule has 0 fully saturated rings. The van der Waals surface area contributed by atoms with Crippen molar-refractivity contribution < 1.29 is 90.0 Å². The van der Waals surface area contributed by atoms with Gasteiger partial charge in [0.2, 0.25) is 0 Å². The summed E-state index contributed by atoms with van der Waals surface area (Å²) in [5.41, 5.74) is -21.1. The molecule has 0 bridgehead atoms. The van der Waals surface area contributed by atoms with Crippen LogP contribution < -0.4 is 4.74 Å². The Morgan fingerprint density at radius 3 is 1.57 bits per heavy atom. The van der Waals surface area contributed by atoms with E-state index in [-0.39, 0.29) is 6.61 Å². The molecule has 230 valence electrons. The van der Waals surface area contributed by atoms with Gasteiger partial charge in [0.05, 0.1) is 0 Å². The highest BCUT2D eigenvalue weighted by molar-refractivity contribution is 5.89. The van der Waals surface area contributed by atoms with E-state index in [1.54, 1.807) is 0 Å². The van der Waals surface area contributed by atoms with Crippen molar-refractivity contribution in [1.29, 1.82) is 0 Å². The molecule has 1 aromatic rings. The van der Waals surface area contributed by atoms with Crippen molar-refractivity contribution in [1.82, 2.24) is 0 Å². The molecule has 40 heavy (non-hydrogen) atoms. The maximum Gasteiger partial charge on any atom is 0.442 e. The fourth-order valence-electron chi connectivity index (χ4n) is 3.01. The molecule has 20 heteroatoms. The highest BCUT2D eigenvalue weighted by atomic mass is 19.4. The van der Waals surface area contributed by atoms with E-state index in [1.165, 1.54) is 6.92 Å². The van der Waals surface area contributed by atoms with Crippen LogP contribution in [0.3, 0.4) is 0 Å². The summed E-state index contributed by atoms with van der Waals surface area (Å²) < 4.78 is 215. The van der Waals surface area contributed by atoms with Crippen molar-refractivity contribution in [3.05, 3.63) is 41.5 Å². The number of ether oxygens (including phenoxy) is 3. The molecule has 1 rings (SSSR count). The zero-order valence-corrected chi connectivity index (χ0v) is 19.5. The van der Waals surface area contributed by atoms with Crippen LogP contribution in [0.25, 0.3) is 0 Å². The Morgan fingerprint density at radius 1 is 0.800 bits per heavy atom. The largest absolute Gasteiger partial charge is 0.465 e. The Bertz CT molecular complexity index is 1050. The van der Waals surface area contributed by atoms with Crippen molar-refractivity contribution in [2.75, 3.05) is 6.61 Å². The second-order valence-corrected chi connectivity index (χ2v) is 7.64. The topological polar surface area (TPSA) is 65.0 Å². The fourth-order valence-corrected chi connectivity index (χ4v) is 3.01. The highest BCUT2D eigenvalue weighted by Crippen LogP contribution is 2.56. The maximum absolute atomic E-state index is 14.0. The smallest absolute Gasteiger partial charge is 0.442 e.